The maximum absolute atomic E-state index is 13.0. The normalized spacial score (nSPS) is 23.3. The van der Waals surface area contributed by atoms with Gasteiger partial charge in [0.15, 0.2) is 10.8 Å². The van der Waals surface area contributed by atoms with Crippen LogP contribution in [0.4, 0.5) is 0 Å². The van der Waals surface area contributed by atoms with Gasteiger partial charge in [-0.15, -0.1) is 0 Å². The van der Waals surface area contributed by atoms with Crippen molar-refractivity contribution >= 4 is 22.5 Å². The third-order valence-corrected chi connectivity index (χ3v) is 8.49. The van der Waals surface area contributed by atoms with Gasteiger partial charge in [0.2, 0.25) is 0 Å². The highest BCUT2D eigenvalue weighted by molar-refractivity contribution is 8.23. The van der Waals surface area contributed by atoms with Crippen molar-refractivity contribution in [3.63, 3.8) is 0 Å². The highest BCUT2D eigenvalue weighted by Crippen LogP contribution is 2.51. The second kappa shape index (κ2) is 7.41. The molecule has 1 amide bonds. The number of aromatic nitrogens is 1. The quantitative estimate of drug-likeness (QED) is 0.666. The van der Waals surface area contributed by atoms with Crippen LogP contribution in [-0.4, -0.2) is 50.3 Å². The number of carbonyl (C=O) groups excluding carboxylic acids is 2. The summed E-state index contributed by atoms with van der Waals surface area (Å²) in [5.74, 6) is -0.0818. The van der Waals surface area contributed by atoms with Crippen LogP contribution in [0.3, 0.4) is 0 Å². The smallest absolute Gasteiger partial charge is 0.273 e. The Hall–Kier alpha value is -2.26. The Labute approximate surface area is 183 Å². The molecule has 1 unspecified atom stereocenters. The number of hydrogen-bond donors (Lipinski definition) is 3. The van der Waals surface area contributed by atoms with Crippen LogP contribution < -0.4 is 4.72 Å². The van der Waals surface area contributed by atoms with Crippen LogP contribution in [0.15, 0.2) is 41.6 Å². The van der Waals surface area contributed by atoms with Gasteiger partial charge in [-0.3, -0.25) is 18.7 Å². The summed E-state index contributed by atoms with van der Waals surface area (Å²) in [6, 6.07) is 9.79. The van der Waals surface area contributed by atoms with Crippen molar-refractivity contribution in [2.75, 3.05) is 19.6 Å². The van der Waals surface area contributed by atoms with Crippen molar-refractivity contribution < 1.29 is 18.7 Å². The Morgan fingerprint density at radius 1 is 1.19 bits per heavy atom. The zero-order valence-corrected chi connectivity index (χ0v) is 18.3. The van der Waals surface area contributed by atoms with Gasteiger partial charge in [-0.1, -0.05) is 42.0 Å². The molecule has 1 spiro atoms. The average molecular weight is 442 g/mol. The molecule has 2 aromatic rings. The van der Waals surface area contributed by atoms with Crippen molar-refractivity contribution in [2.24, 2.45) is 5.41 Å². The van der Waals surface area contributed by atoms with Crippen LogP contribution >= 0.6 is 10.8 Å². The van der Waals surface area contributed by atoms with Crippen molar-refractivity contribution in [1.29, 1.82) is 0 Å². The third-order valence-electron chi connectivity index (χ3n) is 7.18. The first kappa shape index (κ1) is 20.6. The number of ketones is 1. The monoisotopic (exact) mass is 441 g/mol. The summed E-state index contributed by atoms with van der Waals surface area (Å²) in [7, 11) is -3.34. The molecule has 1 aliphatic carbocycles. The molecular weight excluding hydrogens is 414 g/mol. The van der Waals surface area contributed by atoms with E-state index in [1.54, 1.807) is 6.07 Å². The number of piperidine rings is 1. The molecule has 164 valence electrons. The molecule has 1 saturated heterocycles. The van der Waals surface area contributed by atoms with Crippen LogP contribution in [0.1, 0.15) is 63.9 Å². The number of amides is 1. The molecule has 2 aliphatic heterocycles. The van der Waals surface area contributed by atoms with Gasteiger partial charge in [0.05, 0.1) is 5.56 Å². The van der Waals surface area contributed by atoms with E-state index in [-0.39, 0.29) is 16.4 Å². The summed E-state index contributed by atoms with van der Waals surface area (Å²) < 4.78 is 22.4. The van der Waals surface area contributed by atoms with E-state index in [0.717, 1.165) is 56.4 Å². The van der Waals surface area contributed by atoms with Crippen LogP contribution in [0, 0.1) is 5.41 Å². The predicted molar refractivity (Wildman–Crippen MR) is 118 cm³/mol. The van der Waals surface area contributed by atoms with Gasteiger partial charge < -0.3 is 4.90 Å². The molecule has 3 heterocycles. The number of likely N-dealkylation sites (tertiary alicyclic amines) is 1. The van der Waals surface area contributed by atoms with Crippen LogP contribution in [0.25, 0.3) is 0 Å². The van der Waals surface area contributed by atoms with Gasteiger partial charge in [0, 0.05) is 17.2 Å². The highest BCUT2D eigenvalue weighted by atomic mass is 32.3. The lowest BCUT2D eigenvalue weighted by atomic mass is 9.75. The number of nitrogens with zero attached hydrogens (tertiary/aromatic N) is 2. The number of rotatable bonds is 4. The fraction of sp³-hybridized carbons (Fsp3) is 0.435. The molecule has 3 N–H and O–H groups in total. The molecule has 5 rings (SSSR count). The molecule has 3 aliphatic rings. The SMILES string of the molecule is CC(CCN1CCC2(CC1)Cc1ccccc1C2=O)c1ccnc2c1C(=O)NS2(O)O. The molecule has 31 heavy (non-hydrogen) atoms. The fourth-order valence-electron chi connectivity index (χ4n) is 5.31. The summed E-state index contributed by atoms with van der Waals surface area (Å²) in [5, 5.41) is 0.0566. The first-order chi connectivity index (χ1) is 14.8. The van der Waals surface area contributed by atoms with Gasteiger partial charge in [0.25, 0.3) is 5.91 Å². The Bertz CT molecular complexity index is 1060. The zero-order valence-electron chi connectivity index (χ0n) is 17.5. The molecular formula is C23H27N3O4S. The largest absolute Gasteiger partial charge is 0.303 e. The Morgan fingerprint density at radius 2 is 1.94 bits per heavy atom. The summed E-state index contributed by atoms with van der Waals surface area (Å²) in [5.41, 5.74) is 2.96. The molecule has 1 aromatic heterocycles. The minimum atomic E-state index is -3.34. The van der Waals surface area contributed by atoms with Gasteiger partial charge >= 0.3 is 0 Å². The van der Waals surface area contributed by atoms with E-state index < -0.39 is 16.7 Å². The minimum Gasteiger partial charge on any atom is -0.303 e. The topological polar surface area (TPSA) is 103 Å². The predicted octanol–water partition coefficient (Wildman–Crippen LogP) is 3.86. The lowest BCUT2D eigenvalue weighted by Gasteiger charge is -2.38. The van der Waals surface area contributed by atoms with E-state index in [4.69, 9.17) is 0 Å². The second-order valence-corrected chi connectivity index (χ2v) is 10.7. The second-order valence-electron chi connectivity index (χ2n) is 9.04. The minimum absolute atomic E-state index is 0.0566. The first-order valence-electron chi connectivity index (χ1n) is 10.7. The van der Waals surface area contributed by atoms with Gasteiger partial charge in [-0.2, -0.15) is 0 Å². The van der Waals surface area contributed by atoms with E-state index >= 15 is 0 Å². The van der Waals surface area contributed by atoms with Crippen molar-refractivity contribution in [3.05, 3.63) is 58.8 Å². The van der Waals surface area contributed by atoms with E-state index in [1.807, 2.05) is 18.2 Å². The molecule has 7 nitrogen and oxygen atoms in total. The lowest BCUT2D eigenvalue weighted by Crippen LogP contribution is -2.43. The molecule has 1 atom stereocenters. The van der Waals surface area contributed by atoms with E-state index in [0.29, 0.717) is 11.3 Å². The van der Waals surface area contributed by atoms with Crippen molar-refractivity contribution in [1.82, 2.24) is 14.6 Å². The van der Waals surface area contributed by atoms with Gasteiger partial charge in [-0.05, 0) is 68.4 Å². The summed E-state index contributed by atoms with van der Waals surface area (Å²) in [4.78, 5) is 31.7. The van der Waals surface area contributed by atoms with Gasteiger partial charge in [-0.25, -0.2) is 9.71 Å². The summed E-state index contributed by atoms with van der Waals surface area (Å²) >= 11 is 0. The fourth-order valence-corrected chi connectivity index (χ4v) is 6.47. The maximum Gasteiger partial charge on any atom is 0.273 e. The Balaban J connectivity index is 1.22. The maximum atomic E-state index is 13.0. The molecule has 1 aromatic carbocycles. The highest BCUT2D eigenvalue weighted by Gasteiger charge is 2.46. The summed E-state index contributed by atoms with van der Waals surface area (Å²) in [6.07, 6.45) is 4.99. The zero-order chi connectivity index (χ0) is 21.8. The lowest BCUT2D eigenvalue weighted by molar-refractivity contribution is 0.0631. The van der Waals surface area contributed by atoms with E-state index in [2.05, 4.69) is 27.6 Å². The first-order valence-corrected chi connectivity index (χ1v) is 12.3. The standard InChI is InChI=1S/C23H27N3O4S/c1-15(17-6-10-24-22-19(17)21(28)25-31(22,29)30)7-11-26-12-8-23(9-13-26)14-16-4-2-3-5-18(16)20(23)27/h2-6,10,15,29-30H,7-9,11-14H2,1H3,(H,25,28). The molecule has 1 fully saturated rings. The molecule has 0 saturated carbocycles. The molecule has 0 radical (unpaired) electrons. The molecule has 0 bridgehead atoms. The van der Waals surface area contributed by atoms with Crippen molar-refractivity contribution in [2.45, 2.75) is 43.6 Å². The number of pyridine rings is 1. The van der Waals surface area contributed by atoms with Crippen LogP contribution in [0.2, 0.25) is 0 Å². The number of fused-ring (bicyclic) bond motifs is 2. The number of benzene rings is 1. The number of nitrogens with one attached hydrogen (secondary N) is 1. The average Bonchev–Trinajstić information content (AvgIpc) is 3.17. The summed E-state index contributed by atoms with van der Waals surface area (Å²) in [6.45, 7) is 4.70. The number of Topliss-reactive ketones (excluding diaryl/α,β-unsaturated/α-hetero) is 1. The van der Waals surface area contributed by atoms with Gasteiger partial charge in [0.1, 0.15) is 0 Å². The Kier molecular flexibility index (Phi) is 4.93. The van der Waals surface area contributed by atoms with Crippen LogP contribution in [-0.2, 0) is 6.42 Å². The van der Waals surface area contributed by atoms with E-state index in [9.17, 15) is 18.7 Å². The molecule has 8 heteroatoms. The van der Waals surface area contributed by atoms with Crippen molar-refractivity contribution in [3.8, 4) is 0 Å². The number of hydrogen-bond acceptors (Lipinski definition) is 6. The van der Waals surface area contributed by atoms with E-state index in [1.165, 1.54) is 11.8 Å². The Morgan fingerprint density at radius 3 is 2.68 bits per heavy atom. The van der Waals surface area contributed by atoms with Crippen LogP contribution in [0.5, 0.6) is 0 Å². The third kappa shape index (κ3) is 3.38. The number of carbonyl (C=O) groups is 2.